The Bertz CT molecular complexity index is 782. The number of fused-ring (bicyclic) bond motifs is 1. The molecule has 0 bridgehead atoms. The van der Waals surface area contributed by atoms with Crippen LogP contribution in [0.4, 0.5) is 0 Å². The first-order valence-corrected chi connectivity index (χ1v) is 6.88. The Morgan fingerprint density at radius 1 is 1.16 bits per heavy atom. The van der Waals surface area contributed by atoms with Crippen molar-refractivity contribution in [3.8, 4) is 11.4 Å². The molecule has 0 saturated carbocycles. The molecule has 96 valence electrons. The molecular weight excluding hydrogens is 328 g/mol. The van der Waals surface area contributed by atoms with Gasteiger partial charge < -0.3 is 0 Å². The Morgan fingerprint density at radius 3 is 2.74 bits per heavy atom. The minimum absolute atomic E-state index is 0.423. The van der Waals surface area contributed by atoms with Crippen LogP contribution < -0.4 is 0 Å². The molecule has 19 heavy (non-hydrogen) atoms. The minimum atomic E-state index is 0.423. The second-order valence-corrected chi connectivity index (χ2v) is 5.57. The summed E-state index contributed by atoms with van der Waals surface area (Å²) in [5.74, 6) is 1.52. The van der Waals surface area contributed by atoms with Gasteiger partial charge in [-0.05, 0) is 26.0 Å². The monoisotopic (exact) mass is 336 g/mol. The quantitative estimate of drug-likeness (QED) is 0.634. The van der Waals surface area contributed by atoms with Gasteiger partial charge >= 0.3 is 0 Å². The third-order valence-corrected chi connectivity index (χ3v) is 3.78. The molecule has 2 aromatic heterocycles. The van der Waals surface area contributed by atoms with Crippen LogP contribution in [0.15, 0.2) is 28.7 Å². The van der Waals surface area contributed by atoms with Gasteiger partial charge in [-0.15, -0.1) is 10.2 Å². The standard InChI is InChI=1S/C13H10BrClN4/c1-7-3-4-10(14)9(5-7)13-18-17-12-6-11(15)16-8(2)19(12)13/h3-6H,1-2H3. The number of nitrogens with zero attached hydrogens (tertiary/aromatic N) is 4. The third kappa shape index (κ3) is 2.13. The van der Waals surface area contributed by atoms with Gasteiger partial charge in [0, 0.05) is 16.1 Å². The van der Waals surface area contributed by atoms with Crippen LogP contribution in [0.2, 0.25) is 5.15 Å². The van der Waals surface area contributed by atoms with Crippen molar-refractivity contribution in [3.63, 3.8) is 0 Å². The lowest BCUT2D eigenvalue weighted by Gasteiger charge is -2.06. The Labute approximate surface area is 123 Å². The molecule has 0 aliphatic heterocycles. The highest BCUT2D eigenvalue weighted by atomic mass is 79.9. The minimum Gasteiger partial charge on any atom is -0.263 e. The molecule has 3 aromatic rings. The average molecular weight is 338 g/mol. The zero-order valence-corrected chi connectivity index (χ0v) is 12.7. The summed E-state index contributed by atoms with van der Waals surface area (Å²) in [6.45, 7) is 3.93. The average Bonchev–Trinajstić information content (AvgIpc) is 2.76. The van der Waals surface area contributed by atoms with Crippen LogP contribution in [-0.4, -0.2) is 19.6 Å². The van der Waals surface area contributed by atoms with Crippen LogP contribution in [0.25, 0.3) is 17.0 Å². The van der Waals surface area contributed by atoms with Gasteiger partial charge in [0.05, 0.1) is 0 Å². The van der Waals surface area contributed by atoms with Crippen molar-refractivity contribution in [2.75, 3.05) is 0 Å². The number of rotatable bonds is 1. The molecule has 0 N–H and O–H groups in total. The van der Waals surface area contributed by atoms with Gasteiger partial charge in [0.1, 0.15) is 11.0 Å². The van der Waals surface area contributed by atoms with Gasteiger partial charge in [0.15, 0.2) is 11.5 Å². The number of aryl methyl sites for hydroxylation is 2. The lowest BCUT2D eigenvalue weighted by Crippen LogP contribution is -1.98. The van der Waals surface area contributed by atoms with Crippen LogP contribution in [0, 0.1) is 13.8 Å². The maximum absolute atomic E-state index is 5.93. The SMILES string of the molecule is Cc1ccc(Br)c(-c2nnc3cc(Cl)nc(C)n23)c1. The highest BCUT2D eigenvalue weighted by Crippen LogP contribution is 2.29. The molecule has 0 radical (unpaired) electrons. The van der Waals surface area contributed by atoms with Crippen molar-refractivity contribution in [3.05, 3.63) is 45.3 Å². The van der Waals surface area contributed by atoms with Crippen LogP contribution >= 0.6 is 27.5 Å². The van der Waals surface area contributed by atoms with Crippen molar-refractivity contribution in [1.82, 2.24) is 19.6 Å². The Hall–Kier alpha value is -1.46. The van der Waals surface area contributed by atoms with E-state index < -0.39 is 0 Å². The zero-order chi connectivity index (χ0) is 13.6. The maximum atomic E-state index is 5.93. The summed E-state index contributed by atoms with van der Waals surface area (Å²) < 4.78 is 2.87. The first-order valence-electron chi connectivity index (χ1n) is 5.71. The summed E-state index contributed by atoms with van der Waals surface area (Å²) >= 11 is 9.48. The summed E-state index contributed by atoms with van der Waals surface area (Å²) in [5, 5.41) is 8.83. The zero-order valence-electron chi connectivity index (χ0n) is 10.4. The first-order chi connectivity index (χ1) is 9.06. The third-order valence-electron chi connectivity index (χ3n) is 2.89. The molecule has 0 amide bonds. The Kier molecular flexibility index (Phi) is 3.03. The molecule has 0 aliphatic rings. The number of benzene rings is 1. The number of hydrogen-bond donors (Lipinski definition) is 0. The van der Waals surface area contributed by atoms with Crippen LogP contribution in [0.1, 0.15) is 11.4 Å². The van der Waals surface area contributed by atoms with Gasteiger partial charge in [0.25, 0.3) is 0 Å². The molecule has 6 heteroatoms. The summed E-state index contributed by atoms with van der Waals surface area (Å²) in [6, 6.07) is 7.81. The van der Waals surface area contributed by atoms with E-state index in [1.807, 2.05) is 30.4 Å². The van der Waals surface area contributed by atoms with E-state index in [1.165, 1.54) is 0 Å². The van der Waals surface area contributed by atoms with Crippen molar-refractivity contribution in [1.29, 1.82) is 0 Å². The molecule has 4 nitrogen and oxygen atoms in total. The van der Waals surface area contributed by atoms with E-state index in [2.05, 4.69) is 37.2 Å². The van der Waals surface area contributed by atoms with E-state index in [0.717, 1.165) is 27.2 Å². The van der Waals surface area contributed by atoms with E-state index >= 15 is 0 Å². The van der Waals surface area contributed by atoms with Crippen LogP contribution in [0.5, 0.6) is 0 Å². The second kappa shape index (κ2) is 4.58. The fourth-order valence-electron chi connectivity index (χ4n) is 2.04. The van der Waals surface area contributed by atoms with E-state index in [9.17, 15) is 0 Å². The van der Waals surface area contributed by atoms with Gasteiger partial charge in [-0.1, -0.05) is 39.2 Å². The van der Waals surface area contributed by atoms with E-state index in [1.54, 1.807) is 6.07 Å². The predicted molar refractivity (Wildman–Crippen MR) is 78.4 cm³/mol. The van der Waals surface area contributed by atoms with Crippen molar-refractivity contribution >= 4 is 33.2 Å². The van der Waals surface area contributed by atoms with Crippen molar-refractivity contribution in [2.24, 2.45) is 0 Å². The van der Waals surface area contributed by atoms with E-state index in [0.29, 0.717) is 10.8 Å². The lowest BCUT2D eigenvalue weighted by atomic mass is 10.1. The normalized spacial score (nSPS) is 11.2. The molecule has 0 unspecified atom stereocenters. The number of aromatic nitrogens is 4. The Balaban J connectivity index is 2.34. The summed E-state index contributed by atoms with van der Waals surface area (Å²) in [7, 11) is 0. The maximum Gasteiger partial charge on any atom is 0.170 e. The van der Waals surface area contributed by atoms with Gasteiger partial charge in [0.2, 0.25) is 0 Å². The summed E-state index contributed by atoms with van der Waals surface area (Å²) in [6.07, 6.45) is 0. The van der Waals surface area contributed by atoms with Crippen molar-refractivity contribution in [2.45, 2.75) is 13.8 Å². The molecule has 0 fully saturated rings. The predicted octanol–water partition coefficient (Wildman–Crippen LogP) is 3.82. The topological polar surface area (TPSA) is 43.1 Å². The van der Waals surface area contributed by atoms with E-state index in [-0.39, 0.29) is 0 Å². The van der Waals surface area contributed by atoms with Crippen LogP contribution in [0.3, 0.4) is 0 Å². The molecule has 0 spiro atoms. The summed E-state index contributed by atoms with van der Waals surface area (Å²) in [5.41, 5.74) is 2.84. The molecule has 0 aliphatic carbocycles. The molecule has 1 aromatic carbocycles. The van der Waals surface area contributed by atoms with Crippen LogP contribution in [-0.2, 0) is 0 Å². The smallest absolute Gasteiger partial charge is 0.170 e. The number of halogens is 2. The van der Waals surface area contributed by atoms with E-state index in [4.69, 9.17) is 11.6 Å². The molecular formula is C13H10BrClN4. The highest BCUT2D eigenvalue weighted by Gasteiger charge is 2.14. The molecule has 0 atom stereocenters. The Morgan fingerprint density at radius 2 is 1.95 bits per heavy atom. The molecule has 3 rings (SSSR count). The fraction of sp³-hybridized carbons (Fsp3) is 0.154. The molecule has 0 saturated heterocycles. The molecule has 2 heterocycles. The van der Waals surface area contributed by atoms with Gasteiger partial charge in [-0.25, -0.2) is 4.98 Å². The van der Waals surface area contributed by atoms with Gasteiger partial charge in [-0.2, -0.15) is 0 Å². The first kappa shape index (κ1) is 12.6. The highest BCUT2D eigenvalue weighted by molar-refractivity contribution is 9.10. The van der Waals surface area contributed by atoms with Crippen molar-refractivity contribution < 1.29 is 0 Å². The number of hydrogen-bond acceptors (Lipinski definition) is 3. The summed E-state index contributed by atoms with van der Waals surface area (Å²) in [4.78, 5) is 4.25. The lowest BCUT2D eigenvalue weighted by molar-refractivity contribution is 0.987. The largest absolute Gasteiger partial charge is 0.263 e. The fourth-order valence-corrected chi connectivity index (χ4v) is 2.68. The second-order valence-electron chi connectivity index (χ2n) is 4.33. The van der Waals surface area contributed by atoms with Gasteiger partial charge in [-0.3, -0.25) is 4.40 Å².